The van der Waals surface area contributed by atoms with Gasteiger partial charge in [-0.2, -0.15) is 0 Å². The minimum absolute atomic E-state index is 0.146. The van der Waals surface area contributed by atoms with Gasteiger partial charge >= 0.3 is 0 Å². The number of hydrogen-bond donors (Lipinski definition) is 1. The molecule has 1 N–H and O–H groups in total. The maximum atomic E-state index is 8.74. The summed E-state index contributed by atoms with van der Waals surface area (Å²) >= 11 is 0. The fraction of sp³-hybridized carbons (Fsp3) is 0.222. The van der Waals surface area contributed by atoms with Gasteiger partial charge in [-0.3, -0.25) is 0 Å². The zero-order chi connectivity index (χ0) is 9.26. The van der Waals surface area contributed by atoms with Crippen molar-refractivity contribution in [2.24, 2.45) is 0 Å². The van der Waals surface area contributed by atoms with Gasteiger partial charge in [0.25, 0.3) is 5.89 Å². The van der Waals surface area contributed by atoms with E-state index in [1.165, 1.54) is 6.20 Å². The first kappa shape index (κ1) is 8.07. The highest BCUT2D eigenvalue weighted by atomic mass is 16.4. The Labute approximate surface area is 74.8 Å². The van der Waals surface area contributed by atoms with Crippen LogP contribution in [0, 0.1) is 6.92 Å². The van der Waals surface area contributed by atoms with Crippen LogP contribution in [0.25, 0.3) is 11.7 Å². The van der Waals surface area contributed by atoms with Gasteiger partial charge in [0.15, 0.2) is 5.76 Å². The smallest absolute Gasteiger partial charge is 0.263 e. The van der Waals surface area contributed by atoms with Crippen LogP contribution in [0.15, 0.2) is 27.2 Å². The number of hydrogen-bond acceptors (Lipinski definition) is 4. The minimum atomic E-state index is -0.146. The van der Waals surface area contributed by atoms with E-state index in [1.54, 1.807) is 6.07 Å². The van der Waals surface area contributed by atoms with Crippen LogP contribution in [0.1, 0.15) is 11.5 Å². The van der Waals surface area contributed by atoms with E-state index in [2.05, 4.69) is 4.98 Å². The van der Waals surface area contributed by atoms with Crippen molar-refractivity contribution in [2.75, 3.05) is 0 Å². The highest BCUT2D eigenvalue weighted by Crippen LogP contribution is 2.21. The summed E-state index contributed by atoms with van der Waals surface area (Å²) in [5, 5.41) is 8.74. The molecule has 2 aromatic heterocycles. The fourth-order valence-corrected chi connectivity index (χ4v) is 1.04. The summed E-state index contributed by atoms with van der Waals surface area (Å²) in [6, 6.07) is 3.61. The summed E-state index contributed by atoms with van der Waals surface area (Å²) in [5.41, 5.74) is 0. The molecule has 4 nitrogen and oxygen atoms in total. The lowest BCUT2D eigenvalue weighted by molar-refractivity contribution is 0.248. The van der Waals surface area contributed by atoms with Gasteiger partial charge in [0.05, 0.1) is 6.20 Å². The monoisotopic (exact) mass is 179 g/mol. The van der Waals surface area contributed by atoms with Crippen LogP contribution < -0.4 is 0 Å². The lowest BCUT2D eigenvalue weighted by Crippen LogP contribution is -1.73. The molecule has 2 rings (SSSR count). The van der Waals surface area contributed by atoms with Gasteiger partial charge in [-0.1, -0.05) is 0 Å². The molecule has 0 fully saturated rings. The maximum Gasteiger partial charge on any atom is 0.263 e. The molecular weight excluding hydrogens is 170 g/mol. The first-order valence-electron chi connectivity index (χ1n) is 3.92. The van der Waals surface area contributed by atoms with Gasteiger partial charge in [-0.15, -0.1) is 0 Å². The van der Waals surface area contributed by atoms with Crippen molar-refractivity contribution in [3.05, 3.63) is 29.9 Å². The van der Waals surface area contributed by atoms with Crippen molar-refractivity contribution in [1.82, 2.24) is 4.98 Å². The van der Waals surface area contributed by atoms with Crippen molar-refractivity contribution in [2.45, 2.75) is 13.5 Å². The molecular formula is C9H9NO3. The van der Waals surface area contributed by atoms with Crippen molar-refractivity contribution in [3.63, 3.8) is 0 Å². The van der Waals surface area contributed by atoms with Gasteiger partial charge in [0.2, 0.25) is 0 Å². The van der Waals surface area contributed by atoms with Crippen LogP contribution >= 0.6 is 0 Å². The zero-order valence-electron chi connectivity index (χ0n) is 7.15. The van der Waals surface area contributed by atoms with Crippen molar-refractivity contribution >= 4 is 0 Å². The molecule has 0 atom stereocenters. The number of nitrogens with zero attached hydrogens (tertiary/aromatic N) is 1. The molecule has 0 amide bonds. The maximum absolute atomic E-state index is 8.74. The van der Waals surface area contributed by atoms with E-state index in [-0.39, 0.29) is 6.61 Å². The van der Waals surface area contributed by atoms with Crippen LogP contribution in [0.5, 0.6) is 0 Å². The van der Waals surface area contributed by atoms with E-state index in [0.29, 0.717) is 17.4 Å². The minimum Gasteiger partial charge on any atom is -0.456 e. The third-order valence-corrected chi connectivity index (χ3v) is 1.66. The van der Waals surface area contributed by atoms with E-state index >= 15 is 0 Å². The van der Waals surface area contributed by atoms with E-state index < -0.39 is 0 Å². The molecule has 4 heteroatoms. The molecule has 0 saturated carbocycles. The van der Waals surface area contributed by atoms with Crippen molar-refractivity contribution in [1.29, 1.82) is 0 Å². The Morgan fingerprint density at radius 1 is 1.38 bits per heavy atom. The summed E-state index contributed by atoms with van der Waals surface area (Å²) in [6.45, 7) is 1.70. The number of rotatable bonds is 2. The largest absolute Gasteiger partial charge is 0.456 e. The molecule has 0 bridgehead atoms. The van der Waals surface area contributed by atoms with Crippen LogP contribution in [0.2, 0.25) is 0 Å². The molecule has 0 aliphatic rings. The van der Waals surface area contributed by atoms with Crippen LogP contribution in [0.3, 0.4) is 0 Å². The molecule has 0 radical (unpaired) electrons. The van der Waals surface area contributed by atoms with E-state index in [4.69, 9.17) is 13.9 Å². The van der Waals surface area contributed by atoms with E-state index in [1.807, 2.05) is 13.0 Å². The van der Waals surface area contributed by atoms with Gasteiger partial charge in [-0.25, -0.2) is 4.98 Å². The molecule has 0 aliphatic heterocycles. The SMILES string of the molecule is Cc1ccc(-c2ncc(CO)o2)o1. The summed E-state index contributed by atoms with van der Waals surface area (Å²) in [4.78, 5) is 3.95. The number of furan rings is 1. The first-order valence-corrected chi connectivity index (χ1v) is 3.92. The van der Waals surface area contributed by atoms with Crippen LogP contribution in [-0.2, 0) is 6.61 Å². The predicted octanol–water partition coefficient (Wildman–Crippen LogP) is 1.74. The standard InChI is InChI=1S/C9H9NO3/c1-6-2-3-8(12-6)9-10-4-7(5-11)13-9/h2-4,11H,5H2,1H3. The number of aryl methyl sites for hydroxylation is 1. The van der Waals surface area contributed by atoms with Crippen LogP contribution in [-0.4, -0.2) is 10.1 Å². The second-order valence-electron chi connectivity index (χ2n) is 2.70. The van der Waals surface area contributed by atoms with Crippen molar-refractivity contribution in [3.8, 4) is 11.7 Å². The highest BCUT2D eigenvalue weighted by molar-refractivity contribution is 5.44. The average molecular weight is 179 g/mol. The quantitative estimate of drug-likeness (QED) is 0.762. The van der Waals surface area contributed by atoms with E-state index in [9.17, 15) is 0 Å². The lowest BCUT2D eigenvalue weighted by atomic mass is 10.4. The number of aromatic nitrogens is 1. The van der Waals surface area contributed by atoms with Gasteiger partial charge < -0.3 is 13.9 Å². The summed E-state index contributed by atoms with van der Waals surface area (Å²) in [6.07, 6.45) is 1.48. The Balaban J connectivity index is 2.35. The third kappa shape index (κ3) is 1.48. The van der Waals surface area contributed by atoms with Gasteiger partial charge in [0, 0.05) is 0 Å². The average Bonchev–Trinajstić information content (AvgIpc) is 2.71. The first-order chi connectivity index (χ1) is 6.29. The molecule has 0 spiro atoms. The highest BCUT2D eigenvalue weighted by Gasteiger charge is 2.08. The fourth-order valence-electron chi connectivity index (χ4n) is 1.04. The molecule has 68 valence electrons. The van der Waals surface area contributed by atoms with Crippen molar-refractivity contribution < 1.29 is 13.9 Å². The Morgan fingerprint density at radius 3 is 2.77 bits per heavy atom. The van der Waals surface area contributed by atoms with E-state index in [0.717, 1.165) is 5.76 Å². The Hall–Kier alpha value is -1.55. The second-order valence-corrected chi connectivity index (χ2v) is 2.70. The third-order valence-electron chi connectivity index (χ3n) is 1.66. The Bertz CT molecular complexity index is 402. The lowest BCUT2D eigenvalue weighted by Gasteiger charge is -1.87. The molecule has 13 heavy (non-hydrogen) atoms. The number of oxazole rings is 1. The number of aliphatic hydroxyl groups is 1. The Kier molecular flexibility index (Phi) is 1.90. The molecule has 2 heterocycles. The summed E-state index contributed by atoms with van der Waals surface area (Å²) < 4.78 is 10.5. The molecule has 0 aliphatic carbocycles. The van der Waals surface area contributed by atoms with Crippen LogP contribution in [0.4, 0.5) is 0 Å². The normalized spacial score (nSPS) is 10.6. The van der Waals surface area contributed by atoms with Gasteiger partial charge in [0.1, 0.15) is 18.1 Å². The molecule has 0 unspecified atom stereocenters. The summed E-state index contributed by atoms with van der Waals surface area (Å²) in [5.74, 6) is 2.22. The molecule has 0 saturated heterocycles. The second kappa shape index (κ2) is 3.06. The predicted molar refractivity (Wildman–Crippen MR) is 44.9 cm³/mol. The van der Waals surface area contributed by atoms with Gasteiger partial charge in [-0.05, 0) is 19.1 Å². The summed E-state index contributed by atoms with van der Waals surface area (Å²) in [7, 11) is 0. The molecule has 0 aromatic carbocycles. The molecule has 2 aromatic rings. The number of aliphatic hydroxyl groups excluding tert-OH is 1. The Morgan fingerprint density at radius 2 is 2.23 bits per heavy atom. The zero-order valence-corrected chi connectivity index (χ0v) is 7.15. The topological polar surface area (TPSA) is 59.4 Å².